The molecule has 0 bridgehead atoms. The van der Waals surface area contributed by atoms with Gasteiger partial charge in [0.05, 0.1) is 23.6 Å². The summed E-state index contributed by atoms with van der Waals surface area (Å²) in [6.07, 6.45) is 4.36. The van der Waals surface area contributed by atoms with Crippen LogP contribution in [0.5, 0.6) is 0 Å². The van der Waals surface area contributed by atoms with Crippen LogP contribution >= 0.6 is 11.3 Å². The van der Waals surface area contributed by atoms with Crippen molar-refractivity contribution in [1.29, 1.82) is 0 Å². The minimum Gasteiger partial charge on any atom is -0.387 e. The smallest absolute Gasteiger partial charge is 0.387 e. The summed E-state index contributed by atoms with van der Waals surface area (Å²) < 4.78 is 12.1. The molecule has 0 radical (unpaired) electrons. The van der Waals surface area contributed by atoms with E-state index in [0.29, 0.717) is 13.2 Å². The summed E-state index contributed by atoms with van der Waals surface area (Å²) in [6, 6.07) is 3.82. The van der Waals surface area contributed by atoms with E-state index in [1.54, 1.807) is 0 Å². The van der Waals surface area contributed by atoms with Crippen LogP contribution in [0.3, 0.4) is 0 Å². The summed E-state index contributed by atoms with van der Waals surface area (Å²) in [5.74, 6) is -0.427. The van der Waals surface area contributed by atoms with E-state index in [0.717, 1.165) is 35.2 Å². The van der Waals surface area contributed by atoms with Crippen LogP contribution < -0.4 is 5.76 Å². The summed E-state index contributed by atoms with van der Waals surface area (Å²) in [6.45, 7) is 1.04. The fourth-order valence-electron chi connectivity index (χ4n) is 3.53. The maximum Gasteiger partial charge on any atom is 0.437 e. The number of amides is 1. The van der Waals surface area contributed by atoms with Crippen LogP contribution in [-0.2, 0) is 16.1 Å². The summed E-state index contributed by atoms with van der Waals surface area (Å²) in [4.78, 5) is 27.3. The van der Waals surface area contributed by atoms with Crippen molar-refractivity contribution < 1.29 is 13.9 Å². The molecule has 2 aromatic heterocycles. The Labute approximate surface area is 142 Å². The zero-order valence-corrected chi connectivity index (χ0v) is 14.0. The molecule has 2 aromatic rings. The number of ether oxygens (including phenoxy) is 1. The van der Waals surface area contributed by atoms with Crippen LogP contribution in [0, 0.1) is 0 Å². The number of aromatic nitrogens is 2. The van der Waals surface area contributed by atoms with Gasteiger partial charge >= 0.3 is 5.76 Å². The molecular weight excluding hydrogens is 330 g/mol. The summed E-state index contributed by atoms with van der Waals surface area (Å²) in [5.41, 5.74) is 0. The van der Waals surface area contributed by atoms with Crippen LogP contribution in [0.15, 0.2) is 26.7 Å². The fourth-order valence-corrected chi connectivity index (χ4v) is 4.18. The Balaban J connectivity index is 1.50. The molecule has 128 valence electrons. The van der Waals surface area contributed by atoms with E-state index in [1.807, 2.05) is 22.4 Å². The van der Waals surface area contributed by atoms with Crippen LogP contribution in [0.25, 0.3) is 10.8 Å². The molecule has 1 aliphatic carbocycles. The predicted molar refractivity (Wildman–Crippen MR) is 87.8 cm³/mol. The average Bonchev–Trinajstić information content (AvgIpc) is 3.25. The summed E-state index contributed by atoms with van der Waals surface area (Å²) in [7, 11) is 0. The van der Waals surface area contributed by atoms with E-state index >= 15 is 0 Å². The van der Waals surface area contributed by atoms with Crippen molar-refractivity contribution in [1.82, 2.24) is 14.7 Å². The highest BCUT2D eigenvalue weighted by Gasteiger charge is 2.36. The van der Waals surface area contributed by atoms with Gasteiger partial charge in [-0.1, -0.05) is 18.9 Å². The summed E-state index contributed by atoms with van der Waals surface area (Å²) >= 11 is 1.44. The van der Waals surface area contributed by atoms with Gasteiger partial charge in [-0.3, -0.25) is 4.79 Å². The normalized spacial score (nSPS) is 23.9. The number of rotatable bonds is 3. The molecule has 1 saturated carbocycles. The lowest BCUT2D eigenvalue weighted by molar-refractivity contribution is -0.150. The maximum atomic E-state index is 12.7. The van der Waals surface area contributed by atoms with E-state index in [1.165, 1.54) is 11.3 Å². The van der Waals surface area contributed by atoms with Gasteiger partial charge < -0.3 is 14.1 Å². The van der Waals surface area contributed by atoms with Crippen molar-refractivity contribution in [2.45, 2.75) is 44.4 Å². The Morgan fingerprint density at radius 2 is 2.25 bits per heavy atom. The number of carbonyl (C=O) groups excluding carboxylic acids is 1. The first kappa shape index (κ1) is 15.6. The van der Waals surface area contributed by atoms with Crippen molar-refractivity contribution in [2.24, 2.45) is 0 Å². The first-order valence-corrected chi connectivity index (χ1v) is 9.13. The van der Waals surface area contributed by atoms with Crippen molar-refractivity contribution in [2.75, 3.05) is 13.2 Å². The van der Waals surface area contributed by atoms with Gasteiger partial charge in [-0.15, -0.1) is 16.4 Å². The molecule has 2 aliphatic rings. The zero-order valence-electron chi connectivity index (χ0n) is 13.2. The SMILES string of the molecule is O=C(Cn1nc(-c2cccs2)oc1=O)N1CCO[C@@H]2CCCC[C@@H]21. The lowest BCUT2D eigenvalue weighted by Gasteiger charge is -2.43. The van der Waals surface area contributed by atoms with Gasteiger partial charge in [0.2, 0.25) is 5.91 Å². The molecule has 0 N–H and O–H groups in total. The molecule has 1 saturated heterocycles. The van der Waals surface area contributed by atoms with Crippen LogP contribution in [0.4, 0.5) is 0 Å². The van der Waals surface area contributed by atoms with Crippen LogP contribution in [0.2, 0.25) is 0 Å². The summed E-state index contributed by atoms with van der Waals surface area (Å²) in [5, 5.41) is 6.05. The number of thiophene rings is 1. The van der Waals surface area contributed by atoms with Crippen LogP contribution in [0.1, 0.15) is 25.7 Å². The Bertz CT molecular complexity index is 765. The van der Waals surface area contributed by atoms with Gasteiger partial charge in [-0.25, -0.2) is 4.79 Å². The van der Waals surface area contributed by atoms with Gasteiger partial charge in [0.25, 0.3) is 5.89 Å². The lowest BCUT2D eigenvalue weighted by Crippen LogP contribution is -2.55. The van der Waals surface area contributed by atoms with Crippen molar-refractivity contribution in [3.63, 3.8) is 0 Å². The molecule has 4 rings (SSSR count). The van der Waals surface area contributed by atoms with E-state index in [2.05, 4.69) is 5.10 Å². The minimum atomic E-state index is -0.597. The topological polar surface area (TPSA) is 77.6 Å². The number of morpholine rings is 1. The van der Waals surface area contributed by atoms with Crippen molar-refractivity contribution in [3.8, 4) is 10.8 Å². The average molecular weight is 349 g/mol. The highest BCUT2D eigenvalue weighted by molar-refractivity contribution is 7.13. The second-order valence-electron chi connectivity index (χ2n) is 6.16. The zero-order chi connectivity index (χ0) is 16.5. The van der Waals surface area contributed by atoms with Gasteiger partial charge in [-0.05, 0) is 24.3 Å². The van der Waals surface area contributed by atoms with Crippen LogP contribution in [-0.4, -0.2) is 45.9 Å². The van der Waals surface area contributed by atoms with E-state index < -0.39 is 5.76 Å². The number of fused-ring (bicyclic) bond motifs is 1. The van der Waals surface area contributed by atoms with Crippen molar-refractivity contribution >= 4 is 17.2 Å². The Hall–Kier alpha value is -1.93. The predicted octanol–water partition coefficient (Wildman–Crippen LogP) is 1.73. The molecule has 0 unspecified atom stereocenters. The van der Waals surface area contributed by atoms with E-state index in [4.69, 9.17) is 9.15 Å². The standard InChI is InChI=1S/C16H19N3O4S/c20-14(18-7-8-22-12-5-2-1-4-11(12)18)10-19-16(21)23-15(17-19)13-6-3-9-24-13/h3,6,9,11-12H,1-2,4-5,7-8,10H2/t11-,12+/m0/s1. The maximum absolute atomic E-state index is 12.7. The van der Waals surface area contributed by atoms with Gasteiger partial charge in [-0.2, -0.15) is 4.68 Å². The van der Waals surface area contributed by atoms with Gasteiger partial charge in [0.15, 0.2) is 0 Å². The second kappa shape index (κ2) is 6.52. The molecular formula is C16H19N3O4S. The van der Waals surface area contributed by atoms with E-state index in [9.17, 15) is 9.59 Å². The fraction of sp³-hybridized carbons (Fsp3) is 0.562. The molecule has 1 aliphatic heterocycles. The molecule has 0 aromatic carbocycles. The third kappa shape index (κ3) is 2.91. The molecule has 8 heteroatoms. The monoisotopic (exact) mass is 349 g/mol. The number of carbonyl (C=O) groups is 1. The first-order valence-electron chi connectivity index (χ1n) is 8.25. The quantitative estimate of drug-likeness (QED) is 0.843. The first-order chi connectivity index (χ1) is 11.7. The third-order valence-electron chi connectivity index (χ3n) is 4.68. The molecule has 7 nitrogen and oxygen atoms in total. The minimum absolute atomic E-state index is 0.0864. The Kier molecular flexibility index (Phi) is 4.24. The second-order valence-corrected chi connectivity index (χ2v) is 7.10. The third-order valence-corrected chi connectivity index (χ3v) is 5.53. The number of hydrogen-bond donors (Lipinski definition) is 0. The molecule has 3 heterocycles. The lowest BCUT2D eigenvalue weighted by atomic mass is 9.90. The highest BCUT2D eigenvalue weighted by atomic mass is 32.1. The van der Waals surface area contributed by atoms with Gasteiger partial charge in [0.1, 0.15) is 6.54 Å². The van der Waals surface area contributed by atoms with Gasteiger partial charge in [0, 0.05) is 6.54 Å². The molecule has 0 spiro atoms. The Morgan fingerprint density at radius 1 is 1.38 bits per heavy atom. The van der Waals surface area contributed by atoms with Crippen molar-refractivity contribution in [3.05, 3.63) is 28.1 Å². The molecule has 2 fully saturated rings. The Morgan fingerprint density at radius 3 is 3.08 bits per heavy atom. The molecule has 1 amide bonds. The highest BCUT2D eigenvalue weighted by Crippen LogP contribution is 2.28. The number of nitrogens with zero attached hydrogens (tertiary/aromatic N) is 3. The van der Waals surface area contributed by atoms with E-state index in [-0.39, 0.29) is 30.5 Å². The number of hydrogen-bond acceptors (Lipinski definition) is 6. The molecule has 2 atom stereocenters. The largest absolute Gasteiger partial charge is 0.437 e. The molecule has 24 heavy (non-hydrogen) atoms.